The van der Waals surface area contributed by atoms with Crippen molar-refractivity contribution < 1.29 is 9.90 Å². The van der Waals surface area contributed by atoms with Crippen LogP contribution in [0.15, 0.2) is 65.6 Å². The van der Waals surface area contributed by atoms with Crippen LogP contribution in [0.4, 0.5) is 0 Å². The minimum Gasteiger partial charge on any atom is -0.477 e. The van der Waals surface area contributed by atoms with Gasteiger partial charge in [-0.1, -0.05) is 74.4 Å². The average molecular weight is 468 g/mol. The summed E-state index contributed by atoms with van der Waals surface area (Å²) in [5.74, 6) is -1.21. The molecule has 0 unspecified atom stereocenters. The highest BCUT2D eigenvalue weighted by Crippen LogP contribution is 2.46. The van der Waals surface area contributed by atoms with Crippen LogP contribution in [0.2, 0.25) is 0 Å². The van der Waals surface area contributed by atoms with Crippen molar-refractivity contribution >= 4 is 5.97 Å². The second-order valence-electron chi connectivity index (χ2n) is 10.5. The topological polar surface area (TPSA) is 77.1 Å². The maximum absolute atomic E-state index is 12.9. The van der Waals surface area contributed by atoms with E-state index in [-0.39, 0.29) is 17.0 Å². The van der Waals surface area contributed by atoms with Crippen LogP contribution in [-0.2, 0) is 6.54 Å². The van der Waals surface area contributed by atoms with Crippen LogP contribution in [-0.4, -0.2) is 25.4 Å². The summed E-state index contributed by atoms with van der Waals surface area (Å²) in [5.41, 5.74) is 6.69. The molecule has 0 saturated heterocycles. The van der Waals surface area contributed by atoms with Crippen LogP contribution in [0, 0.1) is 19.3 Å². The lowest BCUT2D eigenvalue weighted by Crippen LogP contribution is -2.35. The number of carboxylic acids is 1. The Hall–Kier alpha value is -3.93. The number of pyridine rings is 1. The second kappa shape index (κ2) is 8.08. The van der Waals surface area contributed by atoms with Crippen LogP contribution in [0.25, 0.3) is 33.8 Å². The molecule has 0 amide bonds. The molecule has 178 valence electrons. The first-order valence-electron chi connectivity index (χ1n) is 11.8. The summed E-state index contributed by atoms with van der Waals surface area (Å²) in [6, 6.07) is 17.9. The highest BCUT2D eigenvalue weighted by molar-refractivity contribution is 5.92. The van der Waals surface area contributed by atoms with Crippen molar-refractivity contribution in [3.8, 4) is 33.8 Å². The first-order chi connectivity index (χ1) is 16.5. The third-order valence-electron chi connectivity index (χ3n) is 6.78. The molecule has 35 heavy (non-hydrogen) atoms. The number of hydrogen-bond donors (Lipinski definition) is 1. The van der Waals surface area contributed by atoms with Crippen molar-refractivity contribution in [2.24, 2.45) is 5.41 Å². The van der Waals surface area contributed by atoms with E-state index in [4.69, 9.17) is 5.10 Å². The first kappa shape index (κ1) is 22.8. The maximum Gasteiger partial charge on any atom is 0.341 e. The minimum absolute atomic E-state index is 0.0840. The molecule has 0 saturated carbocycles. The highest BCUT2D eigenvalue weighted by Gasteiger charge is 2.36. The number of aromatic nitrogens is 3. The van der Waals surface area contributed by atoms with Gasteiger partial charge < -0.3 is 9.67 Å². The smallest absolute Gasteiger partial charge is 0.341 e. The van der Waals surface area contributed by atoms with Gasteiger partial charge in [0.05, 0.1) is 24.0 Å². The van der Waals surface area contributed by atoms with E-state index < -0.39 is 11.4 Å². The number of aromatic carboxylic acids is 1. The number of rotatable bonds is 3. The quantitative estimate of drug-likeness (QED) is 0.403. The Balaban J connectivity index is 1.89. The van der Waals surface area contributed by atoms with Gasteiger partial charge in [0.1, 0.15) is 11.3 Å². The average Bonchev–Trinajstić information content (AvgIpc) is 3.17. The van der Waals surface area contributed by atoms with E-state index in [2.05, 4.69) is 71.0 Å². The summed E-state index contributed by atoms with van der Waals surface area (Å²) >= 11 is 0. The van der Waals surface area contributed by atoms with Gasteiger partial charge in [0.15, 0.2) is 5.43 Å². The fourth-order valence-corrected chi connectivity index (χ4v) is 5.02. The third kappa shape index (κ3) is 3.89. The largest absolute Gasteiger partial charge is 0.477 e. The molecule has 2 aromatic carbocycles. The number of fused-ring (bicyclic) bond motifs is 3. The standard InChI is InChI=1S/C29H29N3O3/c1-17-8-6-10-19(12-17)25-26(20-11-7-9-18(2)13-20)30-32-16-24(29(3,4)5)31-15-21(28(34)35)23(33)14-22(31)27(25)32/h6-15,24H,16H2,1-5H3,(H,34,35)/t24-/m0/s1. The number of benzene rings is 2. The molecule has 1 atom stereocenters. The molecule has 0 radical (unpaired) electrons. The molecule has 0 fully saturated rings. The van der Waals surface area contributed by atoms with Crippen molar-refractivity contribution in [1.29, 1.82) is 0 Å². The van der Waals surface area contributed by atoms with Gasteiger partial charge in [0.2, 0.25) is 0 Å². The summed E-state index contributed by atoms with van der Waals surface area (Å²) in [6.45, 7) is 11.0. The summed E-state index contributed by atoms with van der Waals surface area (Å²) in [6.07, 6.45) is 1.51. The van der Waals surface area contributed by atoms with Gasteiger partial charge in [-0.15, -0.1) is 0 Å². The second-order valence-corrected chi connectivity index (χ2v) is 10.5. The molecule has 4 aromatic rings. The van der Waals surface area contributed by atoms with Crippen LogP contribution in [0.1, 0.15) is 48.3 Å². The Kier molecular flexibility index (Phi) is 5.28. The number of carbonyl (C=O) groups is 1. The summed E-state index contributed by atoms with van der Waals surface area (Å²) in [7, 11) is 0. The number of carboxylic acid groups (broad SMARTS) is 1. The maximum atomic E-state index is 12.9. The normalized spacial score (nSPS) is 14.9. The monoisotopic (exact) mass is 467 g/mol. The number of nitrogens with zero attached hydrogens (tertiary/aromatic N) is 3. The number of aryl methyl sites for hydroxylation is 2. The van der Waals surface area contributed by atoms with E-state index in [0.29, 0.717) is 12.2 Å². The number of hydrogen-bond acceptors (Lipinski definition) is 3. The van der Waals surface area contributed by atoms with Gasteiger partial charge in [-0.25, -0.2) is 4.79 Å². The van der Waals surface area contributed by atoms with E-state index >= 15 is 0 Å². The summed E-state index contributed by atoms with van der Waals surface area (Å²) < 4.78 is 3.97. The Bertz CT molecular complexity index is 1540. The lowest BCUT2D eigenvalue weighted by molar-refractivity contribution is 0.0693. The first-order valence-corrected chi connectivity index (χ1v) is 11.8. The van der Waals surface area contributed by atoms with Gasteiger partial charge in [-0.2, -0.15) is 5.10 Å². The van der Waals surface area contributed by atoms with E-state index in [1.807, 2.05) is 21.4 Å². The van der Waals surface area contributed by atoms with Crippen molar-refractivity contribution in [1.82, 2.24) is 14.3 Å². The predicted octanol–water partition coefficient (Wildman–Crippen LogP) is 5.96. The molecule has 2 aromatic heterocycles. The van der Waals surface area contributed by atoms with E-state index in [1.165, 1.54) is 12.3 Å². The van der Waals surface area contributed by atoms with Crippen molar-refractivity contribution in [2.45, 2.75) is 47.2 Å². The van der Waals surface area contributed by atoms with Crippen LogP contribution in [0.5, 0.6) is 0 Å². The zero-order valence-electron chi connectivity index (χ0n) is 20.7. The minimum atomic E-state index is -1.21. The van der Waals surface area contributed by atoms with Crippen molar-refractivity contribution in [3.05, 3.63) is 87.7 Å². The predicted molar refractivity (Wildman–Crippen MR) is 138 cm³/mol. The molecule has 1 N–H and O–H groups in total. The van der Waals surface area contributed by atoms with E-state index in [0.717, 1.165) is 39.2 Å². The molecule has 1 aliphatic rings. The van der Waals surface area contributed by atoms with E-state index in [1.54, 1.807) is 0 Å². The molecule has 0 bridgehead atoms. The van der Waals surface area contributed by atoms with Crippen LogP contribution in [0.3, 0.4) is 0 Å². The summed E-state index contributed by atoms with van der Waals surface area (Å²) in [4.78, 5) is 24.7. The van der Waals surface area contributed by atoms with Gasteiger partial charge in [0, 0.05) is 23.4 Å². The molecule has 0 aliphatic carbocycles. The zero-order valence-corrected chi connectivity index (χ0v) is 20.7. The molecule has 3 heterocycles. The Labute approximate surface area is 204 Å². The van der Waals surface area contributed by atoms with Crippen LogP contribution < -0.4 is 5.43 Å². The lowest BCUT2D eigenvalue weighted by Gasteiger charge is -2.38. The Morgan fingerprint density at radius 2 is 1.63 bits per heavy atom. The van der Waals surface area contributed by atoms with Gasteiger partial charge >= 0.3 is 5.97 Å². The van der Waals surface area contributed by atoms with E-state index in [9.17, 15) is 14.7 Å². The SMILES string of the molecule is Cc1cccc(-c2nn3c(c2-c2cccc(C)c2)-c2cc(=O)c(C(=O)O)cn2[C@H](C(C)(C)C)C3)c1. The Morgan fingerprint density at radius 1 is 1.00 bits per heavy atom. The molecule has 6 nitrogen and oxygen atoms in total. The van der Waals surface area contributed by atoms with Gasteiger partial charge in [0.25, 0.3) is 0 Å². The highest BCUT2D eigenvalue weighted by atomic mass is 16.4. The molecule has 6 heteroatoms. The Morgan fingerprint density at radius 3 is 2.23 bits per heavy atom. The van der Waals surface area contributed by atoms with Crippen LogP contribution >= 0.6 is 0 Å². The molecular weight excluding hydrogens is 438 g/mol. The zero-order chi connectivity index (χ0) is 25.1. The van der Waals surface area contributed by atoms with Crippen molar-refractivity contribution in [2.75, 3.05) is 0 Å². The molecular formula is C29H29N3O3. The van der Waals surface area contributed by atoms with Crippen molar-refractivity contribution in [3.63, 3.8) is 0 Å². The lowest BCUT2D eigenvalue weighted by atomic mass is 9.84. The third-order valence-corrected chi connectivity index (χ3v) is 6.78. The summed E-state index contributed by atoms with van der Waals surface area (Å²) in [5, 5.41) is 14.8. The molecule has 5 rings (SSSR count). The fourth-order valence-electron chi connectivity index (χ4n) is 5.02. The van der Waals surface area contributed by atoms with Gasteiger partial charge in [-0.05, 0) is 30.9 Å². The fraction of sp³-hybridized carbons (Fsp3) is 0.276. The molecule has 0 spiro atoms. The molecule has 1 aliphatic heterocycles. The van der Waals surface area contributed by atoms with Gasteiger partial charge in [-0.3, -0.25) is 9.48 Å².